The number of nitrogens with zero attached hydrogens (tertiary/aromatic N) is 2. The Morgan fingerprint density at radius 1 is 1.50 bits per heavy atom. The lowest BCUT2D eigenvalue weighted by Gasteiger charge is -1.95. The van der Waals surface area contributed by atoms with Crippen molar-refractivity contribution in [1.29, 1.82) is 0 Å². The number of carboxylic acids is 1. The number of carboxylic acid groups (broad SMARTS) is 1. The number of thiophene rings is 1. The molecule has 2 aromatic heterocycles. The fourth-order valence-electron chi connectivity index (χ4n) is 1.62. The van der Waals surface area contributed by atoms with Crippen molar-refractivity contribution in [2.45, 2.75) is 6.92 Å². The molecule has 0 fully saturated rings. The van der Waals surface area contributed by atoms with E-state index in [4.69, 9.17) is 5.11 Å². The van der Waals surface area contributed by atoms with Crippen LogP contribution in [-0.4, -0.2) is 26.8 Å². The van der Waals surface area contributed by atoms with Crippen molar-refractivity contribution in [2.75, 3.05) is 5.32 Å². The average molecular weight is 291 g/mol. The number of hydrogen-bond acceptors (Lipinski definition) is 4. The summed E-state index contributed by atoms with van der Waals surface area (Å²) in [6.45, 7) is 1.70. The van der Waals surface area contributed by atoms with Crippen LogP contribution in [0.5, 0.6) is 0 Å². The van der Waals surface area contributed by atoms with E-state index in [2.05, 4.69) is 10.4 Å². The van der Waals surface area contributed by atoms with E-state index in [-0.39, 0.29) is 10.8 Å². The molecular weight excluding hydrogens is 278 g/mol. The monoisotopic (exact) mass is 291 g/mol. The summed E-state index contributed by atoms with van der Waals surface area (Å²) < 4.78 is 1.64. The minimum atomic E-state index is -0.987. The molecule has 20 heavy (non-hydrogen) atoms. The summed E-state index contributed by atoms with van der Waals surface area (Å²) in [4.78, 5) is 22.9. The summed E-state index contributed by atoms with van der Waals surface area (Å²) in [5.41, 5.74) is 1.45. The van der Waals surface area contributed by atoms with Crippen LogP contribution in [0.15, 0.2) is 24.5 Å². The molecule has 2 heterocycles. The molecule has 0 saturated heterocycles. The van der Waals surface area contributed by atoms with E-state index in [1.54, 1.807) is 43.2 Å². The number of hydrogen-bond donors (Lipinski definition) is 2. The van der Waals surface area contributed by atoms with Crippen LogP contribution in [0.3, 0.4) is 0 Å². The first-order valence-electron chi connectivity index (χ1n) is 5.77. The molecule has 0 aliphatic rings. The molecule has 0 aromatic carbocycles. The molecule has 0 aliphatic carbocycles. The molecule has 6 nitrogen and oxygen atoms in total. The molecule has 1 amide bonds. The lowest BCUT2D eigenvalue weighted by Crippen LogP contribution is -2.06. The van der Waals surface area contributed by atoms with Crippen LogP contribution < -0.4 is 5.32 Å². The van der Waals surface area contributed by atoms with Gasteiger partial charge in [-0.15, -0.1) is 11.3 Å². The van der Waals surface area contributed by atoms with Crippen LogP contribution in [0.2, 0.25) is 0 Å². The third kappa shape index (κ3) is 3.33. The second-order valence-electron chi connectivity index (χ2n) is 4.20. The van der Waals surface area contributed by atoms with Gasteiger partial charge in [0.25, 0.3) is 0 Å². The minimum Gasteiger partial charge on any atom is -0.477 e. The van der Waals surface area contributed by atoms with Crippen molar-refractivity contribution in [3.8, 4) is 0 Å². The van der Waals surface area contributed by atoms with Gasteiger partial charge in [-0.1, -0.05) is 0 Å². The third-order valence-corrected chi connectivity index (χ3v) is 3.65. The zero-order chi connectivity index (χ0) is 14.7. The van der Waals surface area contributed by atoms with Crippen molar-refractivity contribution in [3.05, 3.63) is 40.5 Å². The lowest BCUT2D eigenvalue weighted by molar-refractivity contribution is -0.111. The second-order valence-corrected chi connectivity index (χ2v) is 5.25. The summed E-state index contributed by atoms with van der Waals surface area (Å²) in [7, 11) is 1.79. The van der Waals surface area contributed by atoms with Crippen LogP contribution in [0, 0.1) is 6.92 Å². The Bertz CT molecular complexity index is 685. The predicted molar refractivity (Wildman–Crippen MR) is 76.9 cm³/mol. The molecule has 0 unspecified atom stereocenters. The molecule has 2 rings (SSSR count). The number of aromatic nitrogens is 2. The standard InChI is InChI=1S/C13H13N3O3S/c1-8-5-11(20-12(8)13(18)19)15-10(17)4-3-9-6-14-16(2)7-9/h3-7H,1-2H3,(H,15,17)(H,18,19)/b4-3+. The maximum absolute atomic E-state index is 11.7. The van der Waals surface area contributed by atoms with Crippen LogP contribution >= 0.6 is 11.3 Å². The zero-order valence-corrected chi connectivity index (χ0v) is 11.8. The fourth-order valence-corrected chi connectivity index (χ4v) is 2.53. The molecule has 0 saturated carbocycles. The Labute approximate surface area is 119 Å². The highest BCUT2D eigenvalue weighted by molar-refractivity contribution is 7.18. The third-order valence-electron chi connectivity index (χ3n) is 2.51. The number of carbonyl (C=O) groups is 2. The van der Waals surface area contributed by atoms with Gasteiger partial charge in [0.2, 0.25) is 5.91 Å². The highest BCUT2D eigenvalue weighted by atomic mass is 32.1. The maximum Gasteiger partial charge on any atom is 0.346 e. The molecule has 0 bridgehead atoms. The smallest absolute Gasteiger partial charge is 0.346 e. The van der Waals surface area contributed by atoms with Crippen molar-refractivity contribution in [2.24, 2.45) is 7.05 Å². The van der Waals surface area contributed by atoms with Crippen LogP contribution in [0.1, 0.15) is 20.8 Å². The molecule has 2 aromatic rings. The highest BCUT2D eigenvalue weighted by Gasteiger charge is 2.12. The van der Waals surface area contributed by atoms with Gasteiger partial charge < -0.3 is 10.4 Å². The van der Waals surface area contributed by atoms with Crippen molar-refractivity contribution < 1.29 is 14.7 Å². The van der Waals surface area contributed by atoms with Gasteiger partial charge >= 0.3 is 5.97 Å². The van der Waals surface area contributed by atoms with Gasteiger partial charge in [0, 0.05) is 24.9 Å². The van der Waals surface area contributed by atoms with Gasteiger partial charge in [-0.3, -0.25) is 9.48 Å². The van der Waals surface area contributed by atoms with Crippen molar-refractivity contribution >= 4 is 34.3 Å². The number of amides is 1. The van der Waals surface area contributed by atoms with Gasteiger partial charge in [0.15, 0.2) is 0 Å². The SMILES string of the molecule is Cc1cc(NC(=O)/C=C/c2cnn(C)c2)sc1C(=O)O. The minimum absolute atomic E-state index is 0.233. The van der Waals surface area contributed by atoms with Gasteiger partial charge in [0.05, 0.1) is 11.2 Å². The number of carbonyl (C=O) groups excluding carboxylic acids is 1. The molecule has 0 radical (unpaired) electrons. The van der Waals surface area contributed by atoms with Crippen LogP contribution in [0.4, 0.5) is 5.00 Å². The van der Waals surface area contributed by atoms with Gasteiger partial charge in [-0.25, -0.2) is 4.79 Å². The van der Waals surface area contributed by atoms with Gasteiger partial charge in [-0.05, 0) is 24.6 Å². The van der Waals surface area contributed by atoms with Gasteiger partial charge in [-0.2, -0.15) is 5.10 Å². The summed E-state index contributed by atoms with van der Waals surface area (Å²) >= 11 is 1.04. The molecule has 0 atom stereocenters. The van der Waals surface area contributed by atoms with E-state index < -0.39 is 5.97 Å². The van der Waals surface area contributed by atoms with Crippen molar-refractivity contribution in [1.82, 2.24) is 9.78 Å². The molecular formula is C13H13N3O3S. The van der Waals surface area contributed by atoms with Crippen LogP contribution in [0.25, 0.3) is 6.08 Å². The first-order valence-corrected chi connectivity index (χ1v) is 6.59. The highest BCUT2D eigenvalue weighted by Crippen LogP contribution is 2.26. The molecule has 0 spiro atoms. The number of anilines is 1. The van der Waals surface area contributed by atoms with Crippen LogP contribution in [-0.2, 0) is 11.8 Å². The molecule has 2 N–H and O–H groups in total. The lowest BCUT2D eigenvalue weighted by atomic mass is 10.3. The summed E-state index contributed by atoms with van der Waals surface area (Å²) in [5.74, 6) is -1.30. The van der Waals surface area contributed by atoms with E-state index >= 15 is 0 Å². The Morgan fingerprint density at radius 3 is 2.80 bits per heavy atom. The Kier molecular flexibility index (Phi) is 3.99. The number of nitrogens with one attached hydrogen (secondary N) is 1. The van der Waals surface area contributed by atoms with E-state index in [0.717, 1.165) is 16.9 Å². The maximum atomic E-state index is 11.7. The predicted octanol–water partition coefficient (Wildman–Crippen LogP) is 2.14. The Morgan fingerprint density at radius 2 is 2.25 bits per heavy atom. The van der Waals surface area contributed by atoms with E-state index in [1.807, 2.05) is 0 Å². The largest absolute Gasteiger partial charge is 0.477 e. The zero-order valence-electron chi connectivity index (χ0n) is 11.0. The Balaban J connectivity index is 2.03. The summed E-state index contributed by atoms with van der Waals surface area (Å²) in [6, 6.07) is 1.64. The molecule has 7 heteroatoms. The first kappa shape index (κ1) is 14.0. The number of aryl methyl sites for hydroxylation is 2. The summed E-state index contributed by atoms with van der Waals surface area (Å²) in [5, 5.41) is 16.1. The van der Waals surface area contributed by atoms with E-state index in [0.29, 0.717) is 10.6 Å². The van der Waals surface area contributed by atoms with E-state index in [1.165, 1.54) is 6.08 Å². The van der Waals surface area contributed by atoms with Crippen molar-refractivity contribution in [3.63, 3.8) is 0 Å². The number of rotatable bonds is 4. The summed E-state index contributed by atoms with van der Waals surface area (Å²) in [6.07, 6.45) is 6.44. The molecule has 0 aliphatic heterocycles. The second kappa shape index (κ2) is 5.70. The average Bonchev–Trinajstić information content (AvgIpc) is 2.93. The fraction of sp³-hybridized carbons (Fsp3) is 0.154. The Hall–Kier alpha value is -2.41. The quantitative estimate of drug-likeness (QED) is 0.845. The molecule has 104 valence electrons. The first-order chi connectivity index (χ1) is 9.45. The number of aromatic carboxylic acids is 1. The normalized spacial score (nSPS) is 10.9. The van der Waals surface area contributed by atoms with Gasteiger partial charge in [0.1, 0.15) is 4.88 Å². The van der Waals surface area contributed by atoms with E-state index in [9.17, 15) is 9.59 Å². The topological polar surface area (TPSA) is 84.2 Å².